The number of benzene rings is 1. The second-order valence-corrected chi connectivity index (χ2v) is 6.36. The second kappa shape index (κ2) is 5.84. The third-order valence-corrected chi connectivity index (χ3v) is 4.25. The van der Waals surface area contributed by atoms with Crippen molar-refractivity contribution in [1.82, 2.24) is 0 Å². The highest BCUT2D eigenvalue weighted by Gasteiger charge is 2.30. The van der Waals surface area contributed by atoms with Crippen molar-refractivity contribution in [2.45, 2.75) is 31.3 Å². The fourth-order valence-electron chi connectivity index (χ4n) is 1.41. The first-order valence-electron chi connectivity index (χ1n) is 5.51. The van der Waals surface area contributed by atoms with Gasteiger partial charge in [0.15, 0.2) is 0 Å². The summed E-state index contributed by atoms with van der Waals surface area (Å²) in [5, 5.41) is -0.0538. The van der Waals surface area contributed by atoms with Crippen LogP contribution in [0.5, 0.6) is 0 Å². The van der Waals surface area contributed by atoms with Gasteiger partial charge in [-0.25, -0.2) is 0 Å². The lowest BCUT2D eigenvalue weighted by molar-refractivity contribution is -0.137. The molecule has 0 spiro atoms. The average Bonchev–Trinajstić information content (AvgIpc) is 2.27. The molecular formula is C12H16F3NOS. The van der Waals surface area contributed by atoms with Gasteiger partial charge in [-0.1, -0.05) is 26.0 Å². The summed E-state index contributed by atoms with van der Waals surface area (Å²) in [5.41, 5.74) is 5.41. The lowest BCUT2D eigenvalue weighted by atomic mass is 10.1. The molecule has 0 aliphatic rings. The Kier molecular flexibility index (Phi) is 4.92. The maximum atomic E-state index is 12.5. The molecule has 0 bridgehead atoms. The molecule has 1 aromatic rings. The predicted octanol–water partition coefficient (Wildman–Crippen LogP) is 2.86. The number of nitrogens with two attached hydrogens (primary N) is 1. The summed E-state index contributed by atoms with van der Waals surface area (Å²) in [5.74, 6) is 0.166. The summed E-state index contributed by atoms with van der Waals surface area (Å²) in [7, 11) is -1.14. The topological polar surface area (TPSA) is 43.1 Å². The van der Waals surface area contributed by atoms with Crippen LogP contribution in [0, 0.1) is 0 Å². The average molecular weight is 279 g/mol. The molecule has 0 heterocycles. The smallest absolute Gasteiger partial charge is 0.323 e. The van der Waals surface area contributed by atoms with Gasteiger partial charge in [0.05, 0.1) is 5.56 Å². The first-order valence-corrected chi connectivity index (χ1v) is 6.90. The zero-order valence-electron chi connectivity index (χ0n) is 10.2. The lowest BCUT2D eigenvalue weighted by Gasteiger charge is -2.15. The first kappa shape index (κ1) is 15.2. The van der Waals surface area contributed by atoms with Crippen LogP contribution in [0.3, 0.4) is 0 Å². The molecule has 0 amide bonds. The normalized spacial score (nSPS) is 15.7. The van der Waals surface area contributed by atoms with Crippen molar-refractivity contribution in [2.24, 2.45) is 5.73 Å². The number of hydrogen-bond acceptors (Lipinski definition) is 2. The van der Waals surface area contributed by atoms with Gasteiger partial charge in [0.2, 0.25) is 0 Å². The molecule has 2 N–H and O–H groups in total. The predicted molar refractivity (Wildman–Crippen MR) is 66.5 cm³/mol. The Labute approximate surface area is 107 Å². The van der Waals surface area contributed by atoms with Crippen LogP contribution in [0.2, 0.25) is 0 Å². The van der Waals surface area contributed by atoms with Crippen LogP contribution in [-0.4, -0.2) is 15.2 Å². The molecule has 6 heteroatoms. The summed E-state index contributed by atoms with van der Waals surface area (Å²) in [6.07, 6.45) is -4.38. The van der Waals surface area contributed by atoms with E-state index in [1.165, 1.54) is 12.1 Å². The highest BCUT2D eigenvalue weighted by atomic mass is 32.2. The van der Waals surface area contributed by atoms with E-state index in [0.29, 0.717) is 5.56 Å². The molecule has 0 aliphatic carbocycles. The van der Waals surface area contributed by atoms with Crippen molar-refractivity contribution >= 4 is 10.8 Å². The molecule has 0 radical (unpaired) electrons. The maximum absolute atomic E-state index is 12.5. The molecule has 0 aromatic heterocycles. The zero-order valence-corrected chi connectivity index (χ0v) is 11.0. The van der Waals surface area contributed by atoms with Gasteiger partial charge in [0.1, 0.15) is 0 Å². The van der Waals surface area contributed by atoms with Crippen molar-refractivity contribution in [3.63, 3.8) is 0 Å². The van der Waals surface area contributed by atoms with Crippen LogP contribution in [0.25, 0.3) is 0 Å². The van der Waals surface area contributed by atoms with E-state index in [0.717, 1.165) is 12.1 Å². The van der Waals surface area contributed by atoms with Gasteiger partial charge in [-0.2, -0.15) is 13.2 Å². The van der Waals surface area contributed by atoms with Gasteiger partial charge in [0.25, 0.3) is 0 Å². The minimum absolute atomic E-state index is 0.0538. The second-order valence-electron chi connectivity index (χ2n) is 4.33. The van der Waals surface area contributed by atoms with Crippen molar-refractivity contribution in [3.05, 3.63) is 35.4 Å². The highest BCUT2D eigenvalue weighted by Crippen LogP contribution is 2.30. The van der Waals surface area contributed by atoms with E-state index < -0.39 is 28.6 Å². The van der Waals surface area contributed by atoms with E-state index in [-0.39, 0.29) is 11.0 Å². The largest absolute Gasteiger partial charge is 0.416 e. The van der Waals surface area contributed by atoms with Crippen LogP contribution in [0.4, 0.5) is 13.2 Å². The van der Waals surface area contributed by atoms with Crippen LogP contribution in [0.15, 0.2) is 24.3 Å². The van der Waals surface area contributed by atoms with Gasteiger partial charge in [0, 0.05) is 27.8 Å². The van der Waals surface area contributed by atoms with E-state index in [4.69, 9.17) is 5.73 Å². The van der Waals surface area contributed by atoms with E-state index in [9.17, 15) is 17.4 Å². The molecular weight excluding hydrogens is 263 g/mol. The van der Waals surface area contributed by atoms with Gasteiger partial charge in [-0.15, -0.1) is 0 Å². The van der Waals surface area contributed by atoms with Crippen LogP contribution >= 0.6 is 0 Å². The molecule has 2 unspecified atom stereocenters. The summed E-state index contributed by atoms with van der Waals surface area (Å²) >= 11 is 0. The fourth-order valence-corrected chi connectivity index (χ4v) is 2.34. The highest BCUT2D eigenvalue weighted by molar-refractivity contribution is 7.85. The van der Waals surface area contributed by atoms with Gasteiger partial charge < -0.3 is 5.73 Å². The van der Waals surface area contributed by atoms with Crippen molar-refractivity contribution in [1.29, 1.82) is 0 Å². The van der Waals surface area contributed by atoms with E-state index in [2.05, 4.69) is 0 Å². The Morgan fingerprint density at radius 3 is 2.44 bits per heavy atom. The molecule has 18 heavy (non-hydrogen) atoms. The minimum Gasteiger partial charge on any atom is -0.323 e. The van der Waals surface area contributed by atoms with Crippen molar-refractivity contribution < 1.29 is 17.4 Å². The van der Waals surface area contributed by atoms with Crippen LogP contribution in [-0.2, 0) is 17.0 Å². The van der Waals surface area contributed by atoms with Crippen molar-refractivity contribution in [3.8, 4) is 0 Å². The summed E-state index contributed by atoms with van der Waals surface area (Å²) in [6, 6.07) is 4.21. The standard InChI is InChI=1S/C12H16F3NOS/c1-8(2)18(17)7-11(16)9-4-3-5-10(6-9)12(13,14)15/h3-6,8,11H,7,16H2,1-2H3. The number of halogens is 3. The Bertz CT molecular complexity index is 432. The summed E-state index contributed by atoms with van der Waals surface area (Å²) in [4.78, 5) is 0. The van der Waals surface area contributed by atoms with Crippen LogP contribution in [0.1, 0.15) is 31.0 Å². The molecule has 0 saturated heterocycles. The molecule has 1 rings (SSSR count). The Balaban J connectivity index is 2.87. The fraction of sp³-hybridized carbons (Fsp3) is 0.500. The molecule has 2 atom stereocenters. The van der Waals surface area contributed by atoms with Crippen LogP contribution < -0.4 is 5.73 Å². The van der Waals surface area contributed by atoms with Crippen molar-refractivity contribution in [2.75, 3.05) is 5.75 Å². The molecule has 2 nitrogen and oxygen atoms in total. The van der Waals surface area contributed by atoms with Gasteiger partial charge in [-0.05, 0) is 17.7 Å². The number of hydrogen-bond donors (Lipinski definition) is 1. The SMILES string of the molecule is CC(C)S(=O)CC(N)c1cccc(C(F)(F)F)c1. The van der Waals surface area contributed by atoms with E-state index in [1.807, 2.05) is 0 Å². The minimum atomic E-state index is -4.38. The third kappa shape index (κ3) is 4.10. The lowest BCUT2D eigenvalue weighted by Crippen LogP contribution is -2.22. The quantitative estimate of drug-likeness (QED) is 0.921. The van der Waals surface area contributed by atoms with E-state index in [1.54, 1.807) is 13.8 Å². The van der Waals surface area contributed by atoms with E-state index >= 15 is 0 Å². The summed E-state index contributed by atoms with van der Waals surface area (Å²) < 4.78 is 49.2. The first-order chi connectivity index (χ1) is 8.21. The molecule has 0 fully saturated rings. The maximum Gasteiger partial charge on any atom is 0.416 e. The Hall–Kier alpha value is -0.880. The monoisotopic (exact) mass is 279 g/mol. The Morgan fingerprint density at radius 1 is 1.33 bits per heavy atom. The third-order valence-electron chi connectivity index (χ3n) is 2.51. The Morgan fingerprint density at radius 2 is 1.94 bits per heavy atom. The van der Waals surface area contributed by atoms with Gasteiger partial charge in [-0.3, -0.25) is 4.21 Å². The number of rotatable bonds is 4. The molecule has 102 valence electrons. The molecule has 0 saturated carbocycles. The molecule has 1 aromatic carbocycles. The van der Waals surface area contributed by atoms with Gasteiger partial charge >= 0.3 is 6.18 Å². The number of alkyl halides is 3. The molecule has 0 aliphatic heterocycles. The zero-order chi connectivity index (χ0) is 13.9. The summed E-state index contributed by atoms with van der Waals surface area (Å²) in [6.45, 7) is 3.57.